The van der Waals surface area contributed by atoms with Crippen LogP contribution < -0.4 is 15.8 Å². The van der Waals surface area contributed by atoms with Crippen molar-refractivity contribution in [2.45, 2.75) is 25.3 Å². The molecule has 0 radical (unpaired) electrons. The fourth-order valence-electron chi connectivity index (χ4n) is 3.45. The van der Waals surface area contributed by atoms with Gasteiger partial charge in [0.2, 0.25) is 16.0 Å². The van der Waals surface area contributed by atoms with E-state index in [1.54, 1.807) is 10.00 Å². The van der Waals surface area contributed by atoms with Crippen LogP contribution in [0, 0.1) is 0 Å². The Hall–Kier alpha value is -2.99. The second kappa shape index (κ2) is 11.2. The van der Waals surface area contributed by atoms with Gasteiger partial charge in [0.05, 0.1) is 36.4 Å². The van der Waals surface area contributed by atoms with Gasteiger partial charge in [0, 0.05) is 44.6 Å². The average molecular weight is 559 g/mol. The molecule has 2 aromatic heterocycles. The molecule has 11 nitrogen and oxygen atoms in total. The van der Waals surface area contributed by atoms with E-state index in [9.17, 15) is 39.6 Å². The van der Waals surface area contributed by atoms with Gasteiger partial charge in [0.15, 0.2) is 0 Å². The van der Waals surface area contributed by atoms with E-state index in [-0.39, 0.29) is 45.3 Å². The topological polar surface area (TPSA) is 133 Å². The van der Waals surface area contributed by atoms with Gasteiger partial charge in [-0.05, 0) is 6.92 Å². The van der Waals surface area contributed by atoms with Gasteiger partial charge >= 0.3 is 12.4 Å². The Morgan fingerprint density at radius 3 is 2.24 bits per heavy atom. The van der Waals surface area contributed by atoms with Crippen LogP contribution in [0.3, 0.4) is 0 Å². The molecule has 0 aromatic carbocycles. The molecule has 1 aliphatic heterocycles. The first-order chi connectivity index (χ1) is 17.2. The van der Waals surface area contributed by atoms with E-state index in [1.807, 2.05) is 0 Å². The van der Waals surface area contributed by atoms with Crippen molar-refractivity contribution in [1.82, 2.24) is 24.5 Å². The van der Waals surface area contributed by atoms with Gasteiger partial charge in [0.25, 0.3) is 5.56 Å². The summed E-state index contributed by atoms with van der Waals surface area (Å²) < 4.78 is 109. The Kier molecular flexibility index (Phi) is 8.63. The molecule has 1 atom stereocenters. The Labute approximate surface area is 206 Å². The number of ether oxygens (including phenoxy) is 1. The molecule has 0 unspecified atom stereocenters. The molecule has 0 aliphatic carbocycles. The van der Waals surface area contributed by atoms with Crippen LogP contribution in [0.1, 0.15) is 18.1 Å². The zero-order valence-corrected chi connectivity index (χ0v) is 20.1. The second-order valence-electron chi connectivity index (χ2n) is 8.08. The number of alkyl halides is 6. The van der Waals surface area contributed by atoms with E-state index in [2.05, 4.69) is 20.4 Å². The third-order valence-corrected chi connectivity index (χ3v) is 7.11. The number of nitrogens with zero attached hydrogens (tertiary/aromatic N) is 5. The Bertz CT molecular complexity index is 1210. The number of H-pyrrole nitrogens is 1. The van der Waals surface area contributed by atoms with Crippen LogP contribution in [-0.4, -0.2) is 84.1 Å². The van der Waals surface area contributed by atoms with Gasteiger partial charge in [-0.2, -0.15) is 35.7 Å². The predicted molar refractivity (Wildman–Crippen MR) is 118 cm³/mol. The molecule has 37 heavy (non-hydrogen) atoms. The van der Waals surface area contributed by atoms with E-state index in [0.717, 1.165) is 6.20 Å². The lowest BCUT2D eigenvalue weighted by Gasteiger charge is -2.34. The number of sulfonamides is 1. The summed E-state index contributed by atoms with van der Waals surface area (Å²) in [6, 6.07) is -0.709. The summed E-state index contributed by atoms with van der Waals surface area (Å²) in [6.45, 7) is 1.53. The largest absolute Gasteiger partial charge is 0.423 e. The molecular formula is C19H23F6N7O4S. The molecule has 0 saturated carbocycles. The zero-order valence-electron chi connectivity index (χ0n) is 19.3. The number of nitrogens with one attached hydrogen (secondary N) is 2. The lowest BCUT2D eigenvalue weighted by atomic mass is 10.2. The zero-order chi connectivity index (χ0) is 27.4. The van der Waals surface area contributed by atoms with Crippen LogP contribution in [0.15, 0.2) is 23.4 Å². The summed E-state index contributed by atoms with van der Waals surface area (Å²) in [6.07, 6.45) is -7.33. The minimum atomic E-state index is -4.91. The summed E-state index contributed by atoms with van der Waals surface area (Å²) in [5.74, 6) is -0.337. The summed E-state index contributed by atoms with van der Waals surface area (Å²) in [7, 11) is -3.74. The average Bonchev–Trinajstić information content (AvgIpc) is 2.81. The number of rotatable bonds is 9. The van der Waals surface area contributed by atoms with Gasteiger partial charge in [-0.15, -0.1) is 0 Å². The van der Waals surface area contributed by atoms with Crippen molar-refractivity contribution < 1.29 is 39.5 Å². The standard InChI is InChI=1S/C19H23F6N7O4S/c1-12(29-14-10-28-30-16(33)15(14)19(23,24)25)11-36-6-7-37(34,35)32-4-2-31(3-5-32)17-26-8-13(9-27-17)18(20,21)22/h8-10,12H,2-7,11H2,1H3,(H2,29,30,33)/t12-/m0/s1. The van der Waals surface area contributed by atoms with E-state index < -0.39 is 56.5 Å². The Balaban J connectivity index is 1.45. The smallest absolute Gasteiger partial charge is 0.378 e. The minimum Gasteiger partial charge on any atom is -0.378 e. The van der Waals surface area contributed by atoms with E-state index >= 15 is 0 Å². The van der Waals surface area contributed by atoms with Crippen LogP contribution in [0.25, 0.3) is 0 Å². The van der Waals surface area contributed by atoms with Gasteiger partial charge in [-0.25, -0.2) is 23.5 Å². The van der Waals surface area contributed by atoms with Crippen LogP contribution in [0.2, 0.25) is 0 Å². The maximum Gasteiger partial charge on any atom is 0.423 e. The summed E-state index contributed by atoms with van der Waals surface area (Å²) in [4.78, 5) is 20.5. The number of anilines is 2. The molecule has 2 aromatic rings. The minimum absolute atomic E-state index is 0.0548. The summed E-state index contributed by atoms with van der Waals surface area (Å²) in [5, 5.41) is 7.55. The molecule has 3 heterocycles. The number of piperazine rings is 1. The second-order valence-corrected chi connectivity index (χ2v) is 10.2. The molecule has 0 bridgehead atoms. The molecular weight excluding hydrogens is 536 g/mol. The van der Waals surface area contributed by atoms with Crippen molar-refractivity contribution in [1.29, 1.82) is 0 Å². The molecule has 2 N–H and O–H groups in total. The lowest BCUT2D eigenvalue weighted by Crippen LogP contribution is -2.50. The lowest BCUT2D eigenvalue weighted by molar-refractivity contribution is -0.139. The van der Waals surface area contributed by atoms with Gasteiger partial charge in [-0.1, -0.05) is 0 Å². The predicted octanol–water partition coefficient (Wildman–Crippen LogP) is 1.57. The molecule has 206 valence electrons. The van der Waals surface area contributed by atoms with Crippen molar-refractivity contribution in [3.8, 4) is 0 Å². The number of halogens is 6. The van der Waals surface area contributed by atoms with Crippen molar-refractivity contribution in [2.75, 3.05) is 55.4 Å². The summed E-state index contributed by atoms with van der Waals surface area (Å²) in [5.41, 5.74) is -4.36. The van der Waals surface area contributed by atoms with E-state index in [4.69, 9.17) is 4.74 Å². The third-order valence-electron chi connectivity index (χ3n) is 5.28. The highest BCUT2D eigenvalue weighted by atomic mass is 32.2. The molecule has 3 rings (SSSR count). The number of aromatic amines is 1. The molecule has 0 amide bonds. The molecule has 18 heteroatoms. The van der Waals surface area contributed by atoms with E-state index in [0.29, 0.717) is 12.4 Å². The highest BCUT2D eigenvalue weighted by Gasteiger charge is 2.37. The van der Waals surface area contributed by atoms with Gasteiger partial charge in [-0.3, -0.25) is 4.79 Å². The fourth-order valence-corrected chi connectivity index (χ4v) is 4.75. The Morgan fingerprint density at radius 2 is 1.68 bits per heavy atom. The highest BCUT2D eigenvalue weighted by molar-refractivity contribution is 7.89. The van der Waals surface area contributed by atoms with Crippen LogP contribution >= 0.6 is 0 Å². The molecule has 0 spiro atoms. The number of hydrogen-bond donors (Lipinski definition) is 2. The SMILES string of the molecule is C[C@@H](COCCS(=O)(=O)N1CCN(c2ncc(C(F)(F)F)cn2)CC1)Nc1cn[nH]c(=O)c1C(F)(F)F. The number of hydrogen-bond acceptors (Lipinski definition) is 9. The van der Waals surface area contributed by atoms with Crippen LogP contribution in [-0.2, 0) is 27.1 Å². The molecule has 1 aliphatic rings. The van der Waals surface area contributed by atoms with Gasteiger partial charge in [0.1, 0.15) is 5.56 Å². The molecule has 1 saturated heterocycles. The maximum atomic E-state index is 13.1. The van der Waals surface area contributed by atoms with Crippen molar-refractivity contribution in [3.05, 3.63) is 40.1 Å². The first-order valence-corrected chi connectivity index (χ1v) is 12.4. The fraction of sp³-hybridized carbons (Fsp3) is 0.579. The number of aromatic nitrogens is 4. The van der Waals surface area contributed by atoms with Gasteiger partial charge < -0.3 is 15.0 Å². The highest BCUT2D eigenvalue weighted by Crippen LogP contribution is 2.31. The Morgan fingerprint density at radius 1 is 1.05 bits per heavy atom. The quantitative estimate of drug-likeness (QED) is 0.347. The van der Waals surface area contributed by atoms with Crippen molar-refractivity contribution in [3.63, 3.8) is 0 Å². The normalized spacial score (nSPS) is 16.6. The maximum absolute atomic E-state index is 13.1. The van der Waals surface area contributed by atoms with Crippen LogP contribution in [0.5, 0.6) is 0 Å². The monoisotopic (exact) mass is 559 g/mol. The van der Waals surface area contributed by atoms with E-state index in [1.165, 1.54) is 11.2 Å². The molecule has 1 fully saturated rings. The van der Waals surface area contributed by atoms with Crippen molar-refractivity contribution in [2.24, 2.45) is 0 Å². The summed E-state index contributed by atoms with van der Waals surface area (Å²) >= 11 is 0. The third kappa shape index (κ3) is 7.51. The first-order valence-electron chi connectivity index (χ1n) is 10.8. The first kappa shape index (κ1) is 28.6. The van der Waals surface area contributed by atoms with Crippen molar-refractivity contribution >= 4 is 21.7 Å². The van der Waals surface area contributed by atoms with Crippen LogP contribution in [0.4, 0.5) is 38.0 Å².